The average Bonchev–Trinajstić information content (AvgIpc) is 2.90. The van der Waals surface area contributed by atoms with Gasteiger partial charge in [-0.05, 0) is 56.3 Å². The van der Waals surface area contributed by atoms with Crippen molar-refractivity contribution in [3.63, 3.8) is 0 Å². The van der Waals surface area contributed by atoms with E-state index >= 15 is 0 Å². The molecule has 5 heteroatoms. The zero-order valence-corrected chi connectivity index (χ0v) is 14.3. The lowest BCUT2D eigenvalue weighted by molar-refractivity contribution is 0.104. The van der Waals surface area contributed by atoms with E-state index in [2.05, 4.69) is 4.98 Å². The third kappa shape index (κ3) is 3.19. The quantitative estimate of drug-likeness (QED) is 0.380. The Kier molecular flexibility index (Phi) is 4.40. The highest BCUT2D eigenvalue weighted by Gasteiger charge is 2.11. The predicted molar refractivity (Wildman–Crippen MR) is 94.9 cm³/mol. The first-order chi connectivity index (χ1) is 11.5. The maximum atomic E-state index is 12.3. The van der Waals surface area contributed by atoms with Gasteiger partial charge in [0.15, 0.2) is 5.78 Å². The van der Waals surface area contributed by atoms with Crippen LogP contribution in [0.3, 0.4) is 0 Å². The van der Waals surface area contributed by atoms with Gasteiger partial charge in [-0.3, -0.25) is 4.79 Å². The normalized spacial score (nSPS) is 11.3. The topological polar surface area (TPSA) is 52.3 Å². The molecule has 1 aromatic carbocycles. The Balaban J connectivity index is 1.95. The van der Waals surface area contributed by atoms with Crippen molar-refractivity contribution in [1.29, 1.82) is 0 Å². The smallest absolute Gasteiger partial charge is 0.189 e. The van der Waals surface area contributed by atoms with E-state index in [1.54, 1.807) is 26.2 Å². The summed E-state index contributed by atoms with van der Waals surface area (Å²) in [6.45, 7) is 3.58. The lowest BCUT2D eigenvalue weighted by atomic mass is 10.1. The number of aryl methyl sites for hydroxylation is 2. The summed E-state index contributed by atoms with van der Waals surface area (Å²) >= 11 is 6.22. The summed E-state index contributed by atoms with van der Waals surface area (Å²) in [5.41, 5.74) is 1.99. The number of furan rings is 1. The van der Waals surface area contributed by atoms with Crippen LogP contribution in [0.2, 0.25) is 5.15 Å². The number of pyridine rings is 1. The number of ether oxygens (including phenoxy) is 1. The van der Waals surface area contributed by atoms with Crippen LogP contribution < -0.4 is 4.74 Å². The van der Waals surface area contributed by atoms with Gasteiger partial charge >= 0.3 is 0 Å². The van der Waals surface area contributed by atoms with Gasteiger partial charge in [-0.15, -0.1) is 0 Å². The average molecular weight is 342 g/mol. The number of carbonyl (C=O) groups excluding carboxylic acids is 1. The molecule has 0 radical (unpaired) electrons. The second-order valence-electron chi connectivity index (χ2n) is 5.45. The fraction of sp³-hybridized carbons (Fsp3) is 0.158. The number of halogens is 1. The number of nitrogens with zero attached hydrogens (tertiary/aromatic N) is 1. The zero-order chi connectivity index (χ0) is 17.3. The lowest BCUT2D eigenvalue weighted by Crippen LogP contribution is -1.94. The molecule has 0 fully saturated rings. The van der Waals surface area contributed by atoms with Gasteiger partial charge in [0.25, 0.3) is 0 Å². The molecule has 24 heavy (non-hydrogen) atoms. The molecule has 0 spiro atoms. The summed E-state index contributed by atoms with van der Waals surface area (Å²) in [6.07, 6.45) is 3.14. The molecule has 3 aromatic rings. The highest BCUT2D eigenvalue weighted by atomic mass is 35.5. The minimum absolute atomic E-state index is 0.133. The number of fused-ring (bicyclic) bond motifs is 1. The standard InChI is InChI=1S/C19H16ClNO3/c1-11-8-16(12(2)24-11)18(22)7-4-13-9-14-10-15(23-3)5-6-17(14)21-19(13)20/h4-10H,1-3H3/b7-4+. The summed E-state index contributed by atoms with van der Waals surface area (Å²) in [7, 11) is 1.61. The van der Waals surface area contributed by atoms with Crippen molar-refractivity contribution in [2.24, 2.45) is 0 Å². The molecule has 2 aromatic heterocycles. The Morgan fingerprint density at radius 3 is 2.71 bits per heavy atom. The Labute approximate surface area is 144 Å². The Bertz CT molecular complexity index is 957. The third-order valence-electron chi connectivity index (χ3n) is 3.72. The minimum Gasteiger partial charge on any atom is -0.497 e. The number of hydrogen-bond donors (Lipinski definition) is 0. The molecule has 0 unspecified atom stereocenters. The molecule has 0 aliphatic rings. The molecule has 0 N–H and O–H groups in total. The van der Waals surface area contributed by atoms with Gasteiger partial charge in [-0.25, -0.2) is 4.98 Å². The molecule has 0 atom stereocenters. The zero-order valence-electron chi connectivity index (χ0n) is 13.6. The van der Waals surface area contributed by atoms with Crippen molar-refractivity contribution in [2.45, 2.75) is 13.8 Å². The molecular weight excluding hydrogens is 326 g/mol. The van der Waals surface area contributed by atoms with Crippen LogP contribution in [0, 0.1) is 13.8 Å². The summed E-state index contributed by atoms with van der Waals surface area (Å²) in [5, 5.41) is 1.23. The molecule has 4 nitrogen and oxygen atoms in total. The van der Waals surface area contributed by atoms with Crippen LogP contribution in [-0.4, -0.2) is 17.9 Å². The Morgan fingerprint density at radius 2 is 2.04 bits per heavy atom. The van der Waals surface area contributed by atoms with E-state index in [0.29, 0.717) is 27.8 Å². The van der Waals surface area contributed by atoms with Crippen LogP contribution >= 0.6 is 11.6 Å². The maximum Gasteiger partial charge on any atom is 0.189 e. The lowest BCUT2D eigenvalue weighted by Gasteiger charge is -2.04. The first kappa shape index (κ1) is 16.3. The molecule has 2 heterocycles. The molecule has 3 rings (SSSR count). The molecule has 0 aliphatic heterocycles. The fourth-order valence-electron chi connectivity index (χ4n) is 2.52. The van der Waals surface area contributed by atoms with Crippen LogP contribution in [0.15, 0.2) is 40.8 Å². The van der Waals surface area contributed by atoms with Crippen molar-refractivity contribution in [1.82, 2.24) is 4.98 Å². The largest absolute Gasteiger partial charge is 0.497 e. The third-order valence-corrected chi connectivity index (χ3v) is 4.03. The number of methoxy groups -OCH3 is 1. The number of allylic oxidation sites excluding steroid dienone is 1. The second kappa shape index (κ2) is 6.49. The Hall–Kier alpha value is -2.59. The number of aromatic nitrogens is 1. The van der Waals surface area contributed by atoms with Gasteiger partial charge in [-0.1, -0.05) is 11.6 Å². The number of hydrogen-bond acceptors (Lipinski definition) is 4. The predicted octanol–water partition coefficient (Wildman–Crippen LogP) is 5.00. The number of ketones is 1. The van der Waals surface area contributed by atoms with E-state index in [-0.39, 0.29) is 5.78 Å². The van der Waals surface area contributed by atoms with Crippen LogP contribution in [0.1, 0.15) is 27.4 Å². The van der Waals surface area contributed by atoms with Gasteiger partial charge in [0, 0.05) is 10.9 Å². The summed E-state index contributed by atoms with van der Waals surface area (Å²) in [6, 6.07) is 9.16. The highest BCUT2D eigenvalue weighted by molar-refractivity contribution is 6.31. The van der Waals surface area contributed by atoms with Crippen LogP contribution in [0.25, 0.3) is 17.0 Å². The van der Waals surface area contributed by atoms with Crippen molar-refractivity contribution in [3.8, 4) is 5.75 Å². The van der Waals surface area contributed by atoms with Gasteiger partial charge in [0.05, 0.1) is 18.2 Å². The second-order valence-corrected chi connectivity index (χ2v) is 5.81. The Morgan fingerprint density at radius 1 is 1.25 bits per heavy atom. The molecule has 0 bridgehead atoms. The van der Waals surface area contributed by atoms with Crippen LogP contribution in [0.5, 0.6) is 5.75 Å². The van der Waals surface area contributed by atoms with Gasteiger partial charge in [0.1, 0.15) is 22.4 Å². The van der Waals surface area contributed by atoms with Crippen molar-refractivity contribution >= 4 is 34.4 Å². The van der Waals surface area contributed by atoms with E-state index in [0.717, 1.165) is 16.7 Å². The highest BCUT2D eigenvalue weighted by Crippen LogP contribution is 2.25. The van der Waals surface area contributed by atoms with E-state index in [4.69, 9.17) is 20.8 Å². The fourth-order valence-corrected chi connectivity index (χ4v) is 2.73. The van der Waals surface area contributed by atoms with Crippen LogP contribution in [0.4, 0.5) is 0 Å². The van der Waals surface area contributed by atoms with Crippen LogP contribution in [-0.2, 0) is 0 Å². The molecule has 0 saturated heterocycles. The van der Waals surface area contributed by atoms with Crippen molar-refractivity contribution < 1.29 is 13.9 Å². The van der Waals surface area contributed by atoms with Gasteiger partial charge in [-0.2, -0.15) is 0 Å². The van der Waals surface area contributed by atoms with E-state index < -0.39 is 0 Å². The van der Waals surface area contributed by atoms with Gasteiger partial charge < -0.3 is 9.15 Å². The SMILES string of the molecule is COc1ccc2nc(Cl)c(/C=C/C(=O)c3cc(C)oc3C)cc2c1. The summed E-state index contributed by atoms with van der Waals surface area (Å²) in [4.78, 5) is 16.6. The van der Waals surface area contributed by atoms with Gasteiger partial charge in [0.2, 0.25) is 0 Å². The molecule has 0 aliphatic carbocycles. The van der Waals surface area contributed by atoms with Crippen molar-refractivity contribution in [2.75, 3.05) is 7.11 Å². The number of rotatable bonds is 4. The van der Waals surface area contributed by atoms with Crippen molar-refractivity contribution in [3.05, 3.63) is 64.2 Å². The molecule has 0 saturated carbocycles. The minimum atomic E-state index is -0.133. The van der Waals surface area contributed by atoms with E-state index in [1.807, 2.05) is 31.2 Å². The molecule has 122 valence electrons. The summed E-state index contributed by atoms with van der Waals surface area (Å²) < 4.78 is 10.6. The molecular formula is C19H16ClNO3. The number of benzene rings is 1. The maximum absolute atomic E-state index is 12.3. The first-order valence-corrected chi connectivity index (χ1v) is 7.79. The van der Waals surface area contributed by atoms with E-state index in [1.165, 1.54) is 6.08 Å². The first-order valence-electron chi connectivity index (χ1n) is 7.41. The monoisotopic (exact) mass is 341 g/mol. The number of carbonyl (C=O) groups is 1. The molecule has 0 amide bonds. The van der Waals surface area contributed by atoms with E-state index in [9.17, 15) is 4.79 Å². The summed E-state index contributed by atoms with van der Waals surface area (Å²) in [5.74, 6) is 1.92.